The van der Waals surface area contributed by atoms with Gasteiger partial charge in [0.15, 0.2) is 0 Å². The first-order valence-electron chi connectivity index (χ1n) is 7.29. The van der Waals surface area contributed by atoms with Gasteiger partial charge in [-0.05, 0) is 52.1 Å². The molecule has 0 aromatic heterocycles. The summed E-state index contributed by atoms with van der Waals surface area (Å²) in [6.07, 6.45) is 1.25. The van der Waals surface area contributed by atoms with Crippen LogP contribution >= 0.6 is 0 Å². The van der Waals surface area contributed by atoms with Crippen molar-refractivity contribution in [1.29, 1.82) is 0 Å². The molecule has 0 radical (unpaired) electrons. The number of hydrogen-bond acceptors (Lipinski definition) is 3. The van der Waals surface area contributed by atoms with E-state index in [9.17, 15) is 0 Å². The highest BCUT2D eigenvalue weighted by atomic mass is 15.2. The molecule has 0 amide bonds. The van der Waals surface area contributed by atoms with Gasteiger partial charge in [-0.25, -0.2) is 0 Å². The van der Waals surface area contributed by atoms with Gasteiger partial charge >= 0.3 is 0 Å². The first-order chi connectivity index (χ1) is 9.04. The summed E-state index contributed by atoms with van der Waals surface area (Å²) in [6, 6.07) is 10.1. The highest BCUT2D eigenvalue weighted by Gasteiger charge is 2.23. The second-order valence-corrected chi connectivity index (χ2v) is 6.16. The minimum atomic E-state index is 0.594. The number of anilines is 1. The first-order valence-corrected chi connectivity index (χ1v) is 7.29. The van der Waals surface area contributed by atoms with Gasteiger partial charge in [0.05, 0.1) is 0 Å². The molecule has 0 bridgehead atoms. The summed E-state index contributed by atoms with van der Waals surface area (Å²) >= 11 is 0. The van der Waals surface area contributed by atoms with Gasteiger partial charge in [-0.1, -0.05) is 12.1 Å². The highest BCUT2D eigenvalue weighted by Crippen LogP contribution is 2.19. The minimum Gasteiger partial charge on any atom is -0.381 e. The van der Waals surface area contributed by atoms with Gasteiger partial charge in [0, 0.05) is 37.4 Å². The van der Waals surface area contributed by atoms with Crippen LogP contribution < -0.4 is 5.32 Å². The Balaban J connectivity index is 1.93. The molecule has 1 aromatic rings. The van der Waals surface area contributed by atoms with Gasteiger partial charge in [-0.2, -0.15) is 0 Å². The monoisotopic (exact) mass is 261 g/mol. The third kappa shape index (κ3) is 4.22. The summed E-state index contributed by atoms with van der Waals surface area (Å²) in [5.74, 6) is 0. The van der Waals surface area contributed by atoms with E-state index in [2.05, 4.69) is 67.3 Å². The van der Waals surface area contributed by atoms with Crippen LogP contribution in [0.25, 0.3) is 0 Å². The molecule has 0 spiro atoms. The standard InChI is InChI=1S/C16H27N3/c1-13(2)19-9-8-16(12-19)17-15-7-5-6-14(10-15)11-18(3)4/h5-7,10,13,16-17H,8-9,11-12H2,1-4H3. The lowest BCUT2D eigenvalue weighted by Crippen LogP contribution is -2.31. The molecular formula is C16H27N3. The first kappa shape index (κ1) is 14.4. The van der Waals surface area contributed by atoms with Gasteiger partial charge in [0.1, 0.15) is 0 Å². The maximum Gasteiger partial charge on any atom is 0.0400 e. The Hall–Kier alpha value is -1.06. The fourth-order valence-electron chi connectivity index (χ4n) is 2.73. The van der Waals surface area contributed by atoms with Crippen molar-refractivity contribution in [3.63, 3.8) is 0 Å². The quantitative estimate of drug-likeness (QED) is 0.879. The average Bonchev–Trinajstić information content (AvgIpc) is 2.77. The number of nitrogens with one attached hydrogen (secondary N) is 1. The van der Waals surface area contributed by atoms with Crippen molar-refractivity contribution in [2.24, 2.45) is 0 Å². The molecule has 1 aliphatic rings. The summed E-state index contributed by atoms with van der Waals surface area (Å²) < 4.78 is 0. The van der Waals surface area contributed by atoms with Crippen LogP contribution in [0.5, 0.6) is 0 Å². The molecule has 1 unspecified atom stereocenters. The molecule has 1 saturated heterocycles. The molecule has 0 aliphatic carbocycles. The van der Waals surface area contributed by atoms with Crippen molar-refractivity contribution in [3.05, 3.63) is 29.8 Å². The SMILES string of the molecule is CC(C)N1CCC(Nc2cccc(CN(C)C)c2)C1. The summed E-state index contributed by atoms with van der Waals surface area (Å²) in [6.45, 7) is 7.93. The van der Waals surface area contributed by atoms with Crippen LogP contribution in [-0.2, 0) is 6.54 Å². The smallest absolute Gasteiger partial charge is 0.0400 e. The minimum absolute atomic E-state index is 0.594. The Morgan fingerprint density at radius 3 is 2.79 bits per heavy atom. The maximum absolute atomic E-state index is 3.68. The Labute approximate surface area is 117 Å². The largest absolute Gasteiger partial charge is 0.381 e. The predicted octanol–water partition coefficient (Wildman–Crippen LogP) is 2.64. The maximum atomic E-state index is 3.68. The van der Waals surface area contributed by atoms with E-state index in [0.717, 1.165) is 13.1 Å². The molecule has 1 heterocycles. The van der Waals surface area contributed by atoms with Crippen LogP contribution in [0.15, 0.2) is 24.3 Å². The van der Waals surface area contributed by atoms with Crippen LogP contribution in [0.1, 0.15) is 25.8 Å². The van der Waals surface area contributed by atoms with Gasteiger partial charge < -0.3 is 10.2 Å². The Kier molecular flexibility index (Phi) is 4.83. The fraction of sp³-hybridized carbons (Fsp3) is 0.625. The predicted molar refractivity (Wildman–Crippen MR) is 82.6 cm³/mol. The van der Waals surface area contributed by atoms with E-state index in [-0.39, 0.29) is 0 Å². The van der Waals surface area contributed by atoms with Crippen molar-refractivity contribution in [1.82, 2.24) is 9.80 Å². The number of hydrogen-bond donors (Lipinski definition) is 1. The molecule has 3 heteroatoms. The summed E-state index contributed by atoms with van der Waals surface area (Å²) in [7, 11) is 4.22. The van der Waals surface area contributed by atoms with Gasteiger partial charge in [-0.3, -0.25) is 4.90 Å². The second-order valence-electron chi connectivity index (χ2n) is 6.16. The molecule has 1 N–H and O–H groups in total. The third-order valence-electron chi connectivity index (χ3n) is 3.75. The van der Waals surface area contributed by atoms with Crippen molar-refractivity contribution < 1.29 is 0 Å². The molecule has 1 atom stereocenters. The zero-order valence-electron chi connectivity index (χ0n) is 12.7. The molecule has 3 nitrogen and oxygen atoms in total. The van der Waals surface area contributed by atoms with E-state index in [1.807, 2.05) is 0 Å². The van der Waals surface area contributed by atoms with E-state index in [4.69, 9.17) is 0 Å². The van der Waals surface area contributed by atoms with Crippen LogP contribution in [0, 0.1) is 0 Å². The molecule has 106 valence electrons. The van der Waals surface area contributed by atoms with Crippen molar-refractivity contribution in [3.8, 4) is 0 Å². The van der Waals surface area contributed by atoms with Crippen molar-refractivity contribution in [2.45, 2.75) is 38.9 Å². The van der Waals surface area contributed by atoms with Crippen molar-refractivity contribution >= 4 is 5.69 Å². The number of likely N-dealkylation sites (tertiary alicyclic amines) is 1. The second kappa shape index (κ2) is 6.40. The molecule has 1 aromatic carbocycles. The topological polar surface area (TPSA) is 18.5 Å². The molecule has 1 fully saturated rings. The van der Waals surface area contributed by atoms with Gasteiger partial charge in [0.2, 0.25) is 0 Å². The van der Waals surface area contributed by atoms with E-state index in [1.165, 1.54) is 24.2 Å². The van der Waals surface area contributed by atoms with Crippen LogP contribution in [-0.4, -0.2) is 49.1 Å². The lowest BCUT2D eigenvalue weighted by atomic mass is 10.1. The lowest BCUT2D eigenvalue weighted by molar-refractivity contribution is 0.274. The van der Waals surface area contributed by atoms with E-state index in [1.54, 1.807) is 0 Å². The van der Waals surface area contributed by atoms with Crippen LogP contribution in [0.2, 0.25) is 0 Å². The Morgan fingerprint density at radius 1 is 1.37 bits per heavy atom. The van der Waals surface area contributed by atoms with Gasteiger partial charge in [-0.15, -0.1) is 0 Å². The molecule has 0 saturated carbocycles. The van der Waals surface area contributed by atoms with Gasteiger partial charge in [0.25, 0.3) is 0 Å². The fourth-order valence-corrected chi connectivity index (χ4v) is 2.73. The zero-order valence-corrected chi connectivity index (χ0v) is 12.7. The molecule has 19 heavy (non-hydrogen) atoms. The lowest BCUT2D eigenvalue weighted by Gasteiger charge is -2.21. The van der Waals surface area contributed by atoms with E-state index < -0.39 is 0 Å². The van der Waals surface area contributed by atoms with Crippen LogP contribution in [0.3, 0.4) is 0 Å². The normalized spacial score (nSPS) is 20.4. The zero-order chi connectivity index (χ0) is 13.8. The molecule has 1 aliphatic heterocycles. The molecule has 2 rings (SSSR count). The Bertz CT molecular complexity index is 401. The van der Waals surface area contributed by atoms with E-state index in [0.29, 0.717) is 12.1 Å². The number of nitrogens with zero attached hydrogens (tertiary/aromatic N) is 2. The summed E-state index contributed by atoms with van der Waals surface area (Å²) in [5, 5.41) is 3.68. The molecular weight excluding hydrogens is 234 g/mol. The number of rotatable bonds is 5. The summed E-state index contributed by atoms with van der Waals surface area (Å²) in [4.78, 5) is 4.75. The van der Waals surface area contributed by atoms with Crippen molar-refractivity contribution in [2.75, 3.05) is 32.5 Å². The average molecular weight is 261 g/mol. The number of benzene rings is 1. The summed E-state index contributed by atoms with van der Waals surface area (Å²) in [5.41, 5.74) is 2.63. The highest BCUT2D eigenvalue weighted by molar-refractivity contribution is 5.46. The third-order valence-corrected chi connectivity index (χ3v) is 3.75. The Morgan fingerprint density at radius 2 is 2.16 bits per heavy atom. The van der Waals surface area contributed by atoms with Crippen LogP contribution in [0.4, 0.5) is 5.69 Å². The van der Waals surface area contributed by atoms with E-state index >= 15 is 0 Å².